The van der Waals surface area contributed by atoms with Crippen LogP contribution in [-0.2, 0) is 4.79 Å². The van der Waals surface area contributed by atoms with Crippen molar-refractivity contribution in [1.82, 2.24) is 4.90 Å². The molecule has 0 radical (unpaired) electrons. The van der Waals surface area contributed by atoms with Gasteiger partial charge in [-0.15, -0.1) is 0 Å². The summed E-state index contributed by atoms with van der Waals surface area (Å²) in [6.45, 7) is 8.84. The van der Waals surface area contributed by atoms with Gasteiger partial charge in [0.25, 0.3) is 0 Å². The van der Waals surface area contributed by atoms with Crippen LogP contribution in [0.1, 0.15) is 40.5 Å². The van der Waals surface area contributed by atoms with Crippen molar-refractivity contribution < 1.29 is 4.79 Å². The molecule has 0 saturated heterocycles. The van der Waals surface area contributed by atoms with Crippen molar-refractivity contribution in [1.29, 1.82) is 0 Å². The van der Waals surface area contributed by atoms with E-state index in [0.29, 0.717) is 5.92 Å². The van der Waals surface area contributed by atoms with Crippen molar-refractivity contribution in [3.63, 3.8) is 0 Å². The van der Waals surface area contributed by atoms with E-state index in [4.69, 9.17) is 5.73 Å². The smallest absolute Gasteiger partial charge is 0.248 e. The Kier molecular flexibility index (Phi) is 7.06. The first-order valence-electron chi connectivity index (χ1n) is 6.07. The molecule has 1 atom stereocenters. The maximum Gasteiger partial charge on any atom is 0.248 e. The molecule has 1 unspecified atom stereocenters. The monoisotopic (exact) mass is 226 g/mol. The van der Waals surface area contributed by atoms with Gasteiger partial charge in [-0.2, -0.15) is 0 Å². The highest BCUT2D eigenvalue weighted by Crippen LogP contribution is 2.06. The van der Waals surface area contributed by atoms with Crippen LogP contribution in [0.5, 0.6) is 0 Å². The molecule has 0 bridgehead atoms. The highest BCUT2D eigenvalue weighted by atomic mass is 16.2. The summed E-state index contributed by atoms with van der Waals surface area (Å²) in [5.41, 5.74) is 6.77. The molecule has 0 heterocycles. The summed E-state index contributed by atoms with van der Waals surface area (Å²) in [4.78, 5) is 13.6. The van der Waals surface area contributed by atoms with Gasteiger partial charge >= 0.3 is 0 Å². The maximum atomic E-state index is 11.8. The first-order chi connectivity index (χ1) is 7.40. The fourth-order valence-corrected chi connectivity index (χ4v) is 1.47. The SMILES string of the molecule is CCC=C(C)C(=O)N(C)CCC(N)C(C)C. The van der Waals surface area contributed by atoms with Crippen molar-refractivity contribution in [2.75, 3.05) is 13.6 Å². The zero-order valence-electron chi connectivity index (χ0n) is 11.3. The van der Waals surface area contributed by atoms with Crippen LogP contribution in [0.3, 0.4) is 0 Å². The van der Waals surface area contributed by atoms with E-state index < -0.39 is 0 Å². The van der Waals surface area contributed by atoms with Gasteiger partial charge in [0, 0.05) is 25.2 Å². The Hall–Kier alpha value is -0.830. The fourth-order valence-electron chi connectivity index (χ4n) is 1.47. The quantitative estimate of drug-likeness (QED) is 0.706. The molecule has 0 aromatic heterocycles. The first-order valence-corrected chi connectivity index (χ1v) is 6.07. The number of rotatable bonds is 6. The normalized spacial score (nSPS) is 14.1. The third-order valence-corrected chi connectivity index (χ3v) is 2.85. The van der Waals surface area contributed by atoms with Crippen molar-refractivity contribution in [3.8, 4) is 0 Å². The van der Waals surface area contributed by atoms with Crippen LogP contribution in [0.2, 0.25) is 0 Å². The van der Waals surface area contributed by atoms with E-state index in [0.717, 1.165) is 25.0 Å². The van der Waals surface area contributed by atoms with Crippen molar-refractivity contribution >= 4 is 5.91 Å². The van der Waals surface area contributed by atoms with Gasteiger partial charge in [-0.1, -0.05) is 26.8 Å². The average molecular weight is 226 g/mol. The van der Waals surface area contributed by atoms with Crippen LogP contribution in [0.4, 0.5) is 0 Å². The molecule has 0 fully saturated rings. The second kappa shape index (κ2) is 7.44. The molecule has 94 valence electrons. The molecular weight excluding hydrogens is 200 g/mol. The minimum atomic E-state index is 0.109. The fraction of sp³-hybridized carbons (Fsp3) is 0.769. The molecular formula is C13H26N2O. The predicted molar refractivity (Wildman–Crippen MR) is 69.1 cm³/mol. The van der Waals surface area contributed by atoms with Gasteiger partial charge in [0.05, 0.1) is 0 Å². The lowest BCUT2D eigenvalue weighted by Gasteiger charge is -2.21. The number of nitrogens with two attached hydrogens (primary N) is 1. The second-order valence-corrected chi connectivity index (χ2v) is 4.72. The van der Waals surface area contributed by atoms with Crippen molar-refractivity contribution in [2.45, 2.75) is 46.6 Å². The van der Waals surface area contributed by atoms with Gasteiger partial charge in [-0.3, -0.25) is 4.79 Å². The van der Waals surface area contributed by atoms with Crippen LogP contribution in [0, 0.1) is 5.92 Å². The van der Waals surface area contributed by atoms with Gasteiger partial charge in [0.1, 0.15) is 0 Å². The van der Waals surface area contributed by atoms with E-state index in [1.165, 1.54) is 0 Å². The number of carbonyl (C=O) groups is 1. The van der Waals surface area contributed by atoms with Gasteiger partial charge in [0.15, 0.2) is 0 Å². The molecule has 1 amide bonds. The molecule has 0 saturated carbocycles. The molecule has 3 nitrogen and oxygen atoms in total. The number of hydrogen-bond acceptors (Lipinski definition) is 2. The summed E-state index contributed by atoms with van der Waals surface area (Å²) in [7, 11) is 1.84. The van der Waals surface area contributed by atoms with Crippen LogP contribution < -0.4 is 5.73 Å². The summed E-state index contributed by atoms with van der Waals surface area (Å²) >= 11 is 0. The third-order valence-electron chi connectivity index (χ3n) is 2.85. The van der Waals surface area contributed by atoms with Gasteiger partial charge in [-0.05, 0) is 25.7 Å². The predicted octanol–water partition coefficient (Wildman–Crippen LogP) is 2.17. The van der Waals surface area contributed by atoms with E-state index in [2.05, 4.69) is 13.8 Å². The Morgan fingerprint density at radius 3 is 2.44 bits per heavy atom. The molecule has 2 N–H and O–H groups in total. The Morgan fingerprint density at radius 1 is 1.44 bits per heavy atom. The molecule has 0 spiro atoms. The summed E-state index contributed by atoms with van der Waals surface area (Å²) in [5.74, 6) is 0.577. The Labute approximate surface area is 99.7 Å². The van der Waals surface area contributed by atoms with Crippen LogP contribution in [0.25, 0.3) is 0 Å². The number of likely N-dealkylation sites (N-methyl/N-ethyl adjacent to an activating group) is 1. The summed E-state index contributed by atoms with van der Waals surface area (Å²) < 4.78 is 0. The van der Waals surface area contributed by atoms with Gasteiger partial charge in [-0.25, -0.2) is 0 Å². The van der Waals surface area contributed by atoms with Gasteiger partial charge in [0.2, 0.25) is 5.91 Å². The summed E-state index contributed by atoms with van der Waals surface area (Å²) in [6, 6.07) is 0.172. The number of allylic oxidation sites excluding steroid dienone is 1. The summed E-state index contributed by atoms with van der Waals surface area (Å²) in [6.07, 6.45) is 3.72. The maximum absolute atomic E-state index is 11.8. The number of amides is 1. The minimum absolute atomic E-state index is 0.109. The molecule has 0 aliphatic carbocycles. The highest BCUT2D eigenvalue weighted by Gasteiger charge is 2.13. The van der Waals surface area contributed by atoms with Gasteiger partial charge < -0.3 is 10.6 Å². The largest absolute Gasteiger partial charge is 0.342 e. The van der Waals surface area contributed by atoms with E-state index in [9.17, 15) is 4.79 Å². The average Bonchev–Trinajstić information content (AvgIpc) is 2.24. The third kappa shape index (κ3) is 5.31. The van der Waals surface area contributed by atoms with Crippen LogP contribution in [-0.4, -0.2) is 30.4 Å². The molecule has 3 heteroatoms. The van der Waals surface area contributed by atoms with E-state index in [1.54, 1.807) is 4.90 Å². The summed E-state index contributed by atoms with van der Waals surface area (Å²) in [5, 5.41) is 0. The molecule has 0 aromatic carbocycles. The second-order valence-electron chi connectivity index (χ2n) is 4.72. The lowest BCUT2D eigenvalue weighted by Crippen LogP contribution is -2.34. The lowest BCUT2D eigenvalue weighted by molar-refractivity contribution is -0.125. The Balaban J connectivity index is 4.11. The Bertz CT molecular complexity index is 246. The van der Waals surface area contributed by atoms with E-state index in [1.807, 2.05) is 27.0 Å². The lowest BCUT2D eigenvalue weighted by atomic mass is 10.0. The molecule has 16 heavy (non-hydrogen) atoms. The topological polar surface area (TPSA) is 46.3 Å². The van der Waals surface area contributed by atoms with E-state index in [-0.39, 0.29) is 11.9 Å². The van der Waals surface area contributed by atoms with Crippen LogP contribution in [0.15, 0.2) is 11.6 Å². The van der Waals surface area contributed by atoms with E-state index >= 15 is 0 Å². The Morgan fingerprint density at radius 2 is 2.00 bits per heavy atom. The first kappa shape index (κ1) is 15.2. The number of hydrogen-bond donors (Lipinski definition) is 1. The molecule has 0 rings (SSSR count). The molecule has 0 aliphatic heterocycles. The molecule has 0 aromatic rings. The zero-order chi connectivity index (χ0) is 12.7. The number of nitrogens with zero attached hydrogens (tertiary/aromatic N) is 1. The van der Waals surface area contributed by atoms with Crippen LogP contribution >= 0.6 is 0 Å². The van der Waals surface area contributed by atoms with Crippen molar-refractivity contribution in [2.24, 2.45) is 11.7 Å². The standard InChI is InChI=1S/C13H26N2O/c1-6-7-11(4)13(16)15(5)9-8-12(14)10(2)3/h7,10,12H,6,8-9,14H2,1-5H3. The van der Waals surface area contributed by atoms with Crippen molar-refractivity contribution in [3.05, 3.63) is 11.6 Å². The molecule has 0 aliphatic rings. The highest BCUT2D eigenvalue weighted by molar-refractivity contribution is 5.92. The minimum Gasteiger partial charge on any atom is -0.342 e. The zero-order valence-corrected chi connectivity index (χ0v) is 11.3. The number of carbonyl (C=O) groups excluding carboxylic acids is 1.